The molecule has 2 fully saturated rings. The highest BCUT2D eigenvalue weighted by atomic mass is 16.5. The Balaban J connectivity index is 1.62. The second kappa shape index (κ2) is 5.02. The van der Waals surface area contributed by atoms with Crippen LogP contribution >= 0.6 is 0 Å². The van der Waals surface area contributed by atoms with Gasteiger partial charge in [-0.25, -0.2) is 0 Å². The Morgan fingerprint density at radius 2 is 2.17 bits per heavy atom. The van der Waals surface area contributed by atoms with E-state index < -0.39 is 0 Å². The van der Waals surface area contributed by atoms with Crippen molar-refractivity contribution in [3.05, 3.63) is 12.2 Å². The van der Waals surface area contributed by atoms with Gasteiger partial charge in [0.25, 0.3) is 0 Å². The number of carbonyl (C=O) groups excluding carboxylic acids is 1. The van der Waals surface area contributed by atoms with Crippen LogP contribution in [-0.4, -0.2) is 42.6 Å². The van der Waals surface area contributed by atoms with Gasteiger partial charge in [0.15, 0.2) is 0 Å². The van der Waals surface area contributed by atoms with Crippen LogP contribution in [0.15, 0.2) is 12.2 Å². The van der Waals surface area contributed by atoms with Crippen LogP contribution in [0.5, 0.6) is 0 Å². The molecule has 100 valence electrons. The molecule has 3 aliphatic rings. The highest BCUT2D eigenvalue weighted by Gasteiger charge is 2.37. The van der Waals surface area contributed by atoms with E-state index in [1.807, 2.05) is 12.2 Å². The lowest BCUT2D eigenvalue weighted by molar-refractivity contribution is -0.135. The molecule has 1 aliphatic heterocycles. The molecule has 0 radical (unpaired) electrons. The average molecular weight is 250 g/mol. The molecule has 1 saturated heterocycles. The van der Waals surface area contributed by atoms with E-state index in [1.165, 1.54) is 12.8 Å². The maximum absolute atomic E-state index is 12.5. The summed E-state index contributed by atoms with van der Waals surface area (Å²) in [6.07, 6.45) is 8.17. The lowest BCUT2D eigenvalue weighted by Crippen LogP contribution is -2.41. The first kappa shape index (κ1) is 12.2. The molecule has 2 aliphatic carbocycles. The summed E-state index contributed by atoms with van der Waals surface area (Å²) in [6.45, 7) is 2.55. The van der Waals surface area contributed by atoms with Crippen LogP contribution in [0.3, 0.4) is 0 Å². The number of hydrogen-bond donors (Lipinski definition) is 1. The number of nitrogens with two attached hydrogens (primary N) is 1. The number of nitrogens with zero attached hydrogens (tertiary/aromatic N) is 1. The summed E-state index contributed by atoms with van der Waals surface area (Å²) < 4.78 is 5.41. The minimum Gasteiger partial charge on any atom is -0.381 e. The lowest BCUT2D eigenvalue weighted by Gasteiger charge is -2.27. The zero-order chi connectivity index (χ0) is 12.5. The Kier molecular flexibility index (Phi) is 3.39. The van der Waals surface area contributed by atoms with Gasteiger partial charge < -0.3 is 15.4 Å². The molecule has 0 aromatic rings. The van der Waals surface area contributed by atoms with Crippen LogP contribution in [0, 0.1) is 11.8 Å². The summed E-state index contributed by atoms with van der Waals surface area (Å²) in [6, 6.07) is 0.554. The number of ether oxygens (including phenoxy) is 1. The molecule has 3 unspecified atom stereocenters. The molecule has 2 N–H and O–H groups in total. The molecule has 4 heteroatoms. The Morgan fingerprint density at radius 3 is 2.72 bits per heavy atom. The van der Waals surface area contributed by atoms with E-state index in [4.69, 9.17) is 10.5 Å². The van der Waals surface area contributed by atoms with E-state index in [1.54, 1.807) is 0 Å². The van der Waals surface area contributed by atoms with Crippen LogP contribution in [0.1, 0.15) is 25.7 Å². The number of rotatable bonds is 4. The SMILES string of the molecule is NC1C=CC(C(=O)N(CC2CCOC2)C2CC2)C1. The molecule has 18 heavy (non-hydrogen) atoms. The normalized spacial score (nSPS) is 35.1. The van der Waals surface area contributed by atoms with Gasteiger partial charge in [0.1, 0.15) is 0 Å². The lowest BCUT2D eigenvalue weighted by atomic mass is 10.0. The van der Waals surface area contributed by atoms with Crippen LogP contribution in [0.4, 0.5) is 0 Å². The third-order valence-corrected chi connectivity index (χ3v) is 4.18. The van der Waals surface area contributed by atoms with Crippen molar-refractivity contribution in [3.8, 4) is 0 Å². The molecule has 1 heterocycles. The summed E-state index contributed by atoms with van der Waals surface area (Å²) in [5, 5.41) is 0. The summed E-state index contributed by atoms with van der Waals surface area (Å²) in [7, 11) is 0. The molecule has 0 aromatic heterocycles. The van der Waals surface area contributed by atoms with Gasteiger partial charge in [0, 0.05) is 31.2 Å². The fraction of sp³-hybridized carbons (Fsp3) is 0.786. The third-order valence-electron chi connectivity index (χ3n) is 4.18. The smallest absolute Gasteiger partial charge is 0.229 e. The summed E-state index contributed by atoms with van der Waals surface area (Å²) in [5.41, 5.74) is 5.84. The average Bonchev–Trinajstić information content (AvgIpc) is 2.88. The predicted octanol–water partition coefficient (Wildman–Crippen LogP) is 0.917. The molecule has 4 nitrogen and oxygen atoms in total. The minimum absolute atomic E-state index is 0.0166. The maximum Gasteiger partial charge on any atom is 0.229 e. The van der Waals surface area contributed by atoms with E-state index in [2.05, 4.69) is 4.90 Å². The van der Waals surface area contributed by atoms with Gasteiger partial charge in [-0.2, -0.15) is 0 Å². The standard InChI is InChI=1S/C14H22N2O2/c15-12-2-1-11(7-12)14(17)16(13-3-4-13)8-10-5-6-18-9-10/h1-2,10-13H,3-9,15H2. The minimum atomic E-state index is 0.0166. The molecular weight excluding hydrogens is 228 g/mol. The van der Waals surface area contributed by atoms with Crippen molar-refractivity contribution in [3.63, 3.8) is 0 Å². The summed E-state index contributed by atoms with van der Waals surface area (Å²) >= 11 is 0. The molecule has 3 atom stereocenters. The first-order chi connectivity index (χ1) is 8.74. The van der Waals surface area contributed by atoms with Gasteiger partial charge in [0.2, 0.25) is 5.91 Å². The Morgan fingerprint density at radius 1 is 1.33 bits per heavy atom. The number of amides is 1. The zero-order valence-electron chi connectivity index (χ0n) is 10.8. The van der Waals surface area contributed by atoms with Crippen LogP contribution in [-0.2, 0) is 9.53 Å². The zero-order valence-corrected chi connectivity index (χ0v) is 10.8. The van der Waals surface area contributed by atoms with Gasteiger partial charge >= 0.3 is 0 Å². The van der Waals surface area contributed by atoms with Gasteiger partial charge in [-0.3, -0.25) is 4.79 Å². The summed E-state index contributed by atoms with van der Waals surface area (Å²) in [5.74, 6) is 0.838. The van der Waals surface area contributed by atoms with Crippen LogP contribution in [0.25, 0.3) is 0 Å². The fourth-order valence-electron chi connectivity index (χ4n) is 2.93. The molecule has 3 rings (SSSR count). The van der Waals surface area contributed by atoms with E-state index >= 15 is 0 Å². The van der Waals surface area contributed by atoms with Crippen molar-refractivity contribution in [1.29, 1.82) is 0 Å². The highest BCUT2D eigenvalue weighted by molar-refractivity contribution is 5.81. The van der Waals surface area contributed by atoms with Gasteiger partial charge in [-0.15, -0.1) is 0 Å². The first-order valence-electron chi connectivity index (χ1n) is 7.06. The van der Waals surface area contributed by atoms with Crippen LogP contribution in [0.2, 0.25) is 0 Å². The maximum atomic E-state index is 12.5. The quantitative estimate of drug-likeness (QED) is 0.755. The molecule has 0 spiro atoms. The van der Waals surface area contributed by atoms with Gasteiger partial charge in [-0.05, 0) is 25.7 Å². The second-order valence-electron chi connectivity index (χ2n) is 5.84. The van der Waals surface area contributed by atoms with Crippen LogP contribution < -0.4 is 5.73 Å². The Labute approximate surface area is 108 Å². The van der Waals surface area contributed by atoms with Crippen molar-refractivity contribution in [1.82, 2.24) is 4.90 Å². The van der Waals surface area contributed by atoms with Crippen molar-refractivity contribution >= 4 is 5.91 Å². The highest BCUT2D eigenvalue weighted by Crippen LogP contribution is 2.32. The van der Waals surface area contributed by atoms with Crippen molar-refractivity contribution in [2.24, 2.45) is 17.6 Å². The monoisotopic (exact) mass is 250 g/mol. The van der Waals surface area contributed by atoms with Gasteiger partial charge in [0.05, 0.1) is 12.5 Å². The topological polar surface area (TPSA) is 55.6 Å². The number of hydrogen-bond acceptors (Lipinski definition) is 3. The summed E-state index contributed by atoms with van der Waals surface area (Å²) in [4.78, 5) is 14.6. The molecule has 1 amide bonds. The van der Waals surface area contributed by atoms with E-state index in [0.717, 1.165) is 32.6 Å². The predicted molar refractivity (Wildman–Crippen MR) is 68.9 cm³/mol. The van der Waals surface area contributed by atoms with E-state index in [0.29, 0.717) is 12.0 Å². The molecule has 0 bridgehead atoms. The largest absolute Gasteiger partial charge is 0.381 e. The molecule has 1 saturated carbocycles. The first-order valence-corrected chi connectivity index (χ1v) is 7.06. The third kappa shape index (κ3) is 2.59. The molecular formula is C14H22N2O2. The Bertz CT molecular complexity index is 346. The van der Waals surface area contributed by atoms with E-state index in [9.17, 15) is 4.79 Å². The van der Waals surface area contributed by atoms with Crippen molar-refractivity contribution in [2.75, 3.05) is 19.8 Å². The van der Waals surface area contributed by atoms with Crippen molar-refractivity contribution < 1.29 is 9.53 Å². The Hall–Kier alpha value is -0.870. The number of carbonyl (C=O) groups is 1. The van der Waals surface area contributed by atoms with Crippen molar-refractivity contribution in [2.45, 2.75) is 37.8 Å². The molecule has 0 aromatic carbocycles. The fourth-order valence-corrected chi connectivity index (χ4v) is 2.93. The van der Waals surface area contributed by atoms with Gasteiger partial charge in [-0.1, -0.05) is 12.2 Å². The second-order valence-corrected chi connectivity index (χ2v) is 5.84. The van der Waals surface area contributed by atoms with E-state index in [-0.39, 0.29) is 17.9 Å².